The highest BCUT2D eigenvalue weighted by atomic mass is 79.9. The molecular formula is C23H26BrClN2O2. The lowest BCUT2D eigenvalue weighted by Gasteiger charge is -2.35. The maximum atomic E-state index is 12.5. The van der Waals surface area contributed by atoms with Crippen molar-refractivity contribution < 1.29 is 9.59 Å². The smallest absolute Gasteiger partial charge is 0.253 e. The van der Waals surface area contributed by atoms with Gasteiger partial charge in [-0.25, -0.2) is 0 Å². The second-order valence-corrected chi connectivity index (χ2v) is 9.01. The van der Waals surface area contributed by atoms with Crippen LogP contribution in [0, 0.1) is 5.92 Å². The van der Waals surface area contributed by atoms with E-state index in [-0.39, 0.29) is 11.8 Å². The third-order valence-electron chi connectivity index (χ3n) is 5.65. The highest BCUT2D eigenvalue weighted by Crippen LogP contribution is 2.29. The van der Waals surface area contributed by atoms with Crippen molar-refractivity contribution in [1.29, 1.82) is 0 Å². The Hall–Kier alpha value is -1.69. The number of benzene rings is 2. The molecule has 4 nitrogen and oxygen atoms in total. The summed E-state index contributed by atoms with van der Waals surface area (Å²) in [5.41, 5.74) is 1.88. The SMILES string of the molecule is CC(CN1CCC(c2ccc(Cl)cc2)CC1)C(C=O)NC(=O)c1ccccc1Br. The van der Waals surface area contributed by atoms with Crippen LogP contribution in [0.1, 0.15) is 41.6 Å². The lowest BCUT2D eigenvalue weighted by atomic mass is 9.89. The molecule has 0 radical (unpaired) electrons. The van der Waals surface area contributed by atoms with Gasteiger partial charge in [-0.1, -0.05) is 42.8 Å². The van der Waals surface area contributed by atoms with Crippen LogP contribution in [0.5, 0.6) is 0 Å². The fourth-order valence-corrected chi connectivity index (χ4v) is 4.48. The van der Waals surface area contributed by atoms with Gasteiger partial charge in [-0.15, -0.1) is 0 Å². The lowest BCUT2D eigenvalue weighted by molar-refractivity contribution is -0.110. The summed E-state index contributed by atoms with van der Waals surface area (Å²) >= 11 is 9.38. The third kappa shape index (κ3) is 5.91. The van der Waals surface area contributed by atoms with Crippen molar-refractivity contribution in [2.45, 2.75) is 31.7 Å². The topological polar surface area (TPSA) is 49.4 Å². The molecular weight excluding hydrogens is 452 g/mol. The Labute approximate surface area is 185 Å². The van der Waals surface area contributed by atoms with Gasteiger partial charge < -0.3 is 15.0 Å². The maximum Gasteiger partial charge on any atom is 0.253 e. The number of rotatable bonds is 7. The van der Waals surface area contributed by atoms with Gasteiger partial charge in [0.05, 0.1) is 11.6 Å². The molecule has 2 aromatic carbocycles. The zero-order valence-electron chi connectivity index (χ0n) is 16.5. The highest BCUT2D eigenvalue weighted by Gasteiger charge is 2.26. The summed E-state index contributed by atoms with van der Waals surface area (Å²) in [6, 6.07) is 14.9. The Balaban J connectivity index is 1.52. The quantitative estimate of drug-likeness (QED) is 0.576. The minimum Gasteiger partial charge on any atom is -0.342 e. The molecule has 154 valence electrons. The Bertz CT molecular complexity index is 835. The largest absolute Gasteiger partial charge is 0.342 e. The van der Waals surface area contributed by atoms with E-state index in [1.807, 2.05) is 37.3 Å². The molecule has 29 heavy (non-hydrogen) atoms. The van der Waals surface area contributed by atoms with Crippen molar-refractivity contribution in [1.82, 2.24) is 10.2 Å². The van der Waals surface area contributed by atoms with Crippen molar-refractivity contribution >= 4 is 39.7 Å². The molecule has 1 aliphatic rings. The van der Waals surface area contributed by atoms with Crippen molar-refractivity contribution in [3.8, 4) is 0 Å². The molecule has 0 saturated carbocycles. The number of hydrogen-bond acceptors (Lipinski definition) is 3. The van der Waals surface area contributed by atoms with Gasteiger partial charge in [0.2, 0.25) is 0 Å². The summed E-state index contributed by atoms with van der Waals surface area (Å²) in [4.78, 5) is 26.6. The molecule has 1 heterocycles. The van der Waals surface area contributed by atoms with Crippen molar-refractivity contribution in [2.24, 2.45) is 5.92 Å². The molecule has 2 unspecified atom stereocenters. The standard InChI is InChI=1S/C23H26BrClN2O2/c1-16(22(15-28)26-23(29)20-4-2-3-5-21(20)24)14-27-12-10-18(11-13-27)17-6-8-19(25)9-7-17/h2-9,15-16,18,22H,10-14H2,1H3,(H,26,29). The lowest BCUT2D eigenvalue weighted by Crippen LogP contribution is -2.46. The van der Waals surface area contributed by atoms with Crippen LogP contribution in [0.3, 0.4) is 0 Å². The van der Waals surface area contributed by atoms with Crippen LogP contribution in [0.15, 0.2) is 53.0 Å². The summed E-state index contributed by atoms with van der Waals surface area (Å²) < 4.78 is 0.721. The predicted octanol–water partition coefficient (Wildman–Crippen LogP) is 4.92. The normalized spacial score (nSPS) is 17.5. The average Bonchev–Trinajstić information content (AvgIpc) is 2.73. The first-order chi connectivity index (χ1) is 14.0. The van der Waals surface area contributed by atoms with E-state index in [2.05, 4.69) is 38.3 Å². The molecule has 2 aromatic rings. The van der Waals surface area contributed by atoms with Gasteiger partial charge in [-0.05, 0) is 83.5 Å². The van der Waals surface area contributed by atoms with E-state index in [0.717, 1.165) is 48.3 Å². The van der Waals surface area contributed by atoms with Crippen molar-refractivity contribution in [3.05, 3.63) is 69.2 Å². The van der Waals surface area contributed by atoms with Crippen LogP contribution in [0.25, 0.3) is 0 Å². The van der Waals surface area contributed by atoms with Gasteiger partial charge in [0.25, 0.3) is 5.91 Å². The third-order valence-corrected chi connectivity index (χ3v) is 6.59. The van der Waals surface area contributed by atoms with Gasteiger partial charge in [-0.2, -0.15) is 0 Å². The molecule has 2 atom stereocenters. The van der Waals surface area contributed by atoms with Gasteiger partial charge >= 0.3 is 0 Å². The van der Waals surface area contributed by atoms with Gasteiger partial charge in [0.1, 0.15) is 6.29 Å². The minimum absolute atomic E-state index is 0.0334. The van der Waals surface area contributed by atoms with Gasteiger partial charge in [-0.3, -0.25) is 4.79 Å². The van der Waals surface area contributed by atoms with E-state index in [1.54, 1.807) is 6.07 Å². The monoisotopic (exact) mass is 476 g/mol. The van der Waals surface area contributed by atoms with E-state index in [9.17, 15) is 9.59 Å². The molecule has 0 aliphatic carbocycles. The van der Waals surface area contributed by atoms with Gasteiger partial charge in [0, 0.05) is 16.0 Å². The Morgan fingerprint density at radius 3 is 2.48 bits per heavy atom. The summed E-state index contributed by atoms with van der Waals surface area (Å²) in [6.45, 7) is 4.78. The number of halogens is 2. The van der Waals surface area contributed by atoms with E-state index in [1.165, 1.54) is 5.56 Å². The number of piperidine rings is 1. The Morgan fingerprint density at radius 1 is 1.21 bits per heavy atom. The van der Waals surface area contributed by atoms with E-state index in [0.29, 0.717) is 11.5 Å². The number of nitrogens with one attached hydrogen (secondary N) is 1. The number of carbonyl (C=O) groups excluding carboxylic acids is 2. The molecule has 6 heteroatoms. The number of nitrogens with zero attached hydrogens (tertiary/aromatic N) is 1. The molecule has 1 N–H and O–H groups in total. The zero-order chi connectivity index (χ0) is 20.8. The molecule has 1 fully saturated rings. The predicted molar refractivity (Wildman–Crippen MR) is 120 cm³/mol. The zero-order valence-corrected chi connectivity index (χ0v) is 18.8. The molecule has 0 spiro atoms. The Kier molecular flexibility index (Phi) is 7.87. The molecule has 1 aliphatic heterocycles. The van der Waals surface area contributed by atoms with Gasteiger partial charge in [0.15, 0.2) is 0 Å². The maximum absolute atomic E-state index is 12.5. The summed E-state index contributed by atoms with van der Waals surface area (Å²) in [5, 5.41) is 3.64. The highest BCUT2D eigenvalue weighted by molar-refractivity contribution is 9.10. The molecule has 0 aromatic heterocycles. The number of likely N-dealkylation sites (tertiary alicyclic amines) is 1. The summed E-state index contributed by atoms with van der Waals surface area (Å²) in [5.74, 6) is 0.352. The van der Waals surface area contributed by atoms with Crippen LogP contribution in [0.4, 0.5) is 0 Å². The first kappa shape index (κ1) is 22.0. The summed E-state index contributed by atoms with van der Waals surface area (Å²) in [6.07, 6.45) is 3.02. The molecule has 1 saturated heterocycles. The summed E-state index contributed by atoms with van der Waals surface area (Å²) in [7, 11) is 0. The van der Waals surface area contributed by atoms with E-state index in [4.69, 9.17) is 11.6 Å². The van der Waals surface area contributed by atoms with Crippen molar-refractivity contribution in [3.63, 3.8) is 0 Å². The van der Waals surface area contributed by atoms with Crippen molar-refractivity contribution in [2.75, 3.05) is 19.6 Å². The van der Waals surface area contributed by atoms with Crippen LogP contribution in [0.2, 0.25) is 5.02 Å². The molecule has 3 rings (SSSR count). The number of aldehydes is 1. The van der Waals surface area contributed by atoms with E-state index < -0.39 is 6.04 Å². The van der Waals surface area contributed by atoms with Crippen LogP contribution < -0.4 is 5.32 Å². The first-order valence-electron chi connectivity index (χ1n) is 9.96. The van der Waals surface area contributed by atoms with Crippen LogP contribution in [-0.4, -0.2) is 42.8 Å². The second-order valence-electron chi connectivity index (χ2n) is 7.72. The fraction of sp³-hybridized carbons (Fsp3) is 0.391. The second kappa shape index (κ2) is 10.4. The van der Waals surface area contributed by atoms with E-state index >= 15 is 0 Å². The first-order valence-corrected chi connectivity index (χ1v) is 11.1. The van der Waals surface area contributed by atoms with Crippen LogP contribution in [-0.2, 0) is 4.79 Å². The molecule has 0 bridgehead atoms. The minimum atomic E-state index is -0.511. The number of amides is 1. The fourth-order valence-electron chi connectivity index (χ4n) is 3.89. The Morgan fingerprint density at radius 2 is 1.86 bits per heavy atom. The number of hydrogen-bond donors (Lipinski definition) is 1. The number of carbonyl (C=O) groups is 2. The van der Waals surface area contributed by atoms with Crippen LogP contribution >= 0.6 is 27.5 Å². The average molecular weight is 478 g/mol. The molecule has 1 amide bonds.